The molecule has 1 saturated heterocycles. The minimum Gasteiger partial charge on any atom is -0.298 e. The fourth-order valence-electron chi connectivity index (χ4n) is 3.67. The average molecular weight is 340 g/mol. The highest BCUT2D eigenvalue weighted by Crippen LogP contribution is 2.28. The van der Waals surface area contributed by atoms with Crippen LogP contribution in [0.15, 0.2) is 29.2 Å². The first-order valence-electron chi connectivity index (χ1n) is 8.46. The van der Waals surface area contributed by atoms with Crippen molar-refractivity contribution in [3.63, 3.8) is 0 Å². The molecule has 0 spiro atoms. The fraction of sp³-hybridized carbons (Fsp3) is 0.647. The van der Waals surface area contributed by atoms with Crippen LogP contribution >= 0.6 is 0 Å². The van der Waals surface area contributed by atoms with Crippen molar-refractivity contribution >= 4 is 10.0 Å². The highest BCUT2D eigenvalue weighted by molar-refractivity contribution is 7.89. The van der Waals surface area contributed by atoms with Gasteiger partial charge >= 0.3 is 0 Å². The lowest BCUT2D eigenvalue weighted by Crippen LogP contribution is -2.52. The van der Waals surface area contributed by atoms with Gasteiger partial charge in [-0.15, -0.1) is 0 Å². The standard InChI is InChI=1S/C17H25FN2O2S/c1-14-2-6-16(7-3-14)19-10-12-20(13-11-19)23(21,22)17-8-4-15(18)5-9-17/h4-5,8-9,14,16H,2-3,6-7,10-13H2,1H3. The summed E-state index contributed by atoms with van der Waals surface area (Å²) in [5.74, 6) is 0.409. The van der Waals surface area contributed by atoms with Gasteiger partial charge in [-0.1, -0.05) is 6.92 Å². The summed E-state index contributed by atoms with van der Waals surface area (Å²) in [5, 5.41) is 0. The summed E-state index contributed by atoms with van der Waals surface area (Å²) in [5.41, 5.74) is 0. The maximum Gasteiger partial charge on any atom is 0.243 e. The molecule has 1 aliphatic heterocycles. The van der Waals surface area contributed by atoms with Gasteiger partial charge in [0.25, 0.3) is 0 Å². The molecule has 2 aliphatic rings. The molecule has 0 N–H and O–H groups in total. The molecule has 0 bridgehead atoms. The van der Waals surface area contributed by atoms with E-state index < -0.39 is 15.8 Å². The van der Waals surface area contributed by atoms with E-state index in [9.17, 15) is 12.8 Å². The smallest absolute Gasteiger partial charge is 0.243 e. The van der Waals surface area contributed by atoms with Crippen LogP contribution < -0.4 is 0 Å². The molecule has 0 amide bonds. The van der Waals surface area contributed by atoms with Crippen LogP contribution in [-0.2, 0) is 10.0 Å². The summed E-state index contributed by atoms with van der Waals surface area (Å²) in [6, 6.07) is 5.71. The Kier molecular flexibility index (Phi) is 5.04. The van der Waals surface area contributed by atoms with Crippen molar-refractivity contribution in [2.75, 3.05) is 26.2 Å². The Labute approximate surface area is 138 Å². The van der Waals surface area contributed by atoms with E-state index in [0.29, 0.717) is 19.1 Å². The molecule has 2 fully saturated rings. The number of halogens is 1. The zero-order valence-electron chi connectivity index (χ0n) is 13.6. The van der Waals surface area contributed by atoms with Crippen molar-refractivity contribution < 1.29 is 12.8 Å². The highest BCUT2D eigenvalue weighted by Gasteiger charge is 2.32. The van der Waals surface area contributed by atoms with Crippen LogP contribution in [0.5, 0.6) is 0 Å². The van der Waals surface area contributed by atoms with E-state index in [1.807, 2.05) is 0 Å². The minimum absolute atomic E-state index is 0.179. The highest BCUT2D eigenvalue weighted by atomic mass is 32.2. The quantitative estimate of drug-likeness (QED) is 0.849. The molecule has 6 heteroatoms. The van der Waals surface area contributed by atoms with Crippen LogP contribution in [0.3, 0.4) is 0 Å². The zero-order chi connectivity index (χ0) is 16.4. The van der Waals surface area contributed by atoms with Gasteiger partial charge in [0.15, 0.2) is 0 Å². The number of sulfonamides is 1. The van der Waals surface area contributed by atoms with E-state index in [4.69, 9.17) is 0 Å². The van der Waals surface area contributed by atoms with E-state index in [1.54, 1.807) is 0 Å². The molecule has 0 atom stereocenters. The third-order valence-corrected chi connectivity index (χ3v) is 7.14. The molecule has 3 rings (SSSR count). The Hall–Kier alpha value is -0.980. The predicted octanol–water partition coefficient (Wildman–Crippen LogP) is 2.71. The molecule has 128 valence electrons. The van der Waals surface area contributed by atoms with Crippen LogP contribution in [0, 0.1) is 11.7 Å². The summed E-state index contributed by atoms with van der Waals surface area (Å²) in [6.07, 6.45) is 5.01. The molecule has 1 heterocycles. The van der Waals surface area contributed by atoms with Gasteiger partial charge in [-0.3, -0.25) is 4.90 Å². The molecule has 1 aromatic rings. The van der Waals surface area contributed by atoms with E-state index in [0.717, 1.165) is 19.0 Å². The molecule has 1 aliphatic carbocycles. The zero-order valence-corrected chi connectivity index (χ0v) is 14.4. The summed E-state index contributed by atoms with van der Waals surface area (Å²) in [4.78, 5) is 2.63. The van der Waals surface area contributed by atoms with Gasteiger partial charge in [0, 0.05) is 32.2 Å². The van der Waals surface area contributed by atoms with Crippen LogP contribution in [0.2, 0.25) is 0 Å². The molecular weight excluding hydrogens is 315 g/mol. The van der Waals surface area contributed by atoms with Crippen molar-refractivity contribution in [2.24, 2.45) is 5.92 Å². The van der Waals surface area contributed by atoms with Gasteiger partial charge in [-0.2, -0.15) is 4.31 Å². The van der Waals surface area contributed by atoms with Gasteiger partial charge in [-0.25, -0.2) is 12.8 Å². The van der Waals surface area contributed by atoms with Crippen LogP contribution in [0.1, 0.15) is 32.6 Å². The molecule has 0 unspecified atom stereocenters. The number of piperazine rings is 1. The second-order valence-corrected chi connectivity index (χ2v) is 8.75. The van der Waals surface area contributed by atoms with E-state index in [1.165, 1.54) is 54.3 Å². The molecule has 23 heavy (non-hydrogen) atoms. The molecule has 1 saturated carbocycles. The van der Waals surface area contributed by atoms with Gasteiger partial charge < -0.3 is 0 Å². The summed E-state index contributed by atoms with van der Waals surface area (Å²) in [7, 11) is -3.50. The molecule has 0 aromatic heterocycles. The van der Waals surface area contributed by atoms with Crippen LogP contribution in [-0.4, -0.2) is 49.8 Å². The molecular formula is C17H25FN2O2S. The molecule has 1 aromatic carbocycles. The monoisotopic (exact) mass is 340 g/mol. The Balaban J connectivity index is 1.61. The van der Waals surface area contributed by atoms with Crippen molar-refractivity contribution in [2.45, 2.75) is 43.5 Å². The number of hydrogen-bond acceptors (Lipinski definition) is 3. The van der Waals surface area contributed by atoms with E-state index in [2.05, 4.69) is 11.8 Å². The van der Waals surface area contributed by atoms with E-state index in [-0.39, 0.29) is 4.90 Å². The average Bonchev–Trinajstić information content (AvgIpc) is 2.56. The first kappa shape index (κ1) is 16.9. The maximum absolute atomic E-state index is 13.0. The van der Waals surface area contributed by atoms with Crippen molar-refractivity contribution in [1.29, 1.82) is 0 Å². The third kappa shape index (κ3) is 3.75. The number of benzene rings is 1. The minimum atomic E-state index is -3.50. The summed E-state index contributed by atoms with van der Waals surface area (Å²) >= 11 is 0. The third-order valence-electron chi connectivity index (χ3n) is 5.23. The lowest BCUT2D eigenvalue weighted by molar-refractivity contribution is 0.101. The fourth-order valence-corrected chi connectivity index (χ4v) is 5.09. The number of nitrogens with zero attached hydrogens (tertiary/aromatic N) is 2. The molecule has 0 radical (unpaired) electrons. The summed E-state index contributed by atoms with van der Waals surface area (Å²) in [6.45, 7) is 4.93. The first-order valence-corrected chi connectivity index (χ1v) is 9.90. The topological polar surface area (TPSA) is 40.6 Å². The number of rotatable bonds is 3. The lowest BCUT2D eigenvalue weighted by Gasteiger charge is -2.41. The normalized spacial score (nSPS) is 27.9. The SMILES string of the molecule is CC1CCC(N2CCN(S(=O)(=O)c3ccc(F)cc3)CC2)CC1. The van der Waals surface area contributed by atoms with Crippen LogP contribution in [0.25, 0.3) is 0 Å². The Morgan fingerprint density at radius 2 is 1.52 bits per heavy atom. The van der Waals surface area contributed by atoms with Crippen molar-refractivity contribution in [3.05, 3.63) is 30.1 Å². The van der Waals surface area contributed by atoms with Crippen molar-refractivity contribution in [3.8, 4) is 0 Å². The molecule has 4 nitrogen and oxygen atoms in total. The Morgan fingerprint density at radius 1 is 0.957 bits per heavy atom. The van der Waals surface area contributed by atoms with Gasteiger partial charge in [-0.05, 0) is 55.9 Å². The van der Waals surface area contributed by atoms with Gasteiger partial charge in [0.2, 0.25) is 10.0 Å². The predicted molar refractivity (Wildman–Crippen MR) is 88.2 cm³/mol. The van der Waals surface area contributed by atoms with Crippen molar-refractivity contribution in [1.82, 2.24) is 9.21 Å². The largest absolute Gasteiger partial charge is 0.298 e. The van der Waals surface area contributed by atoms with Crippen LogP contribution in [0.4, 0.5) is 4.39 Å². The second-order valence-electron chi connectivity index (χ2n) is 6.81. The Bertz CT molecular complexity index is 616. The number of hydrogen-bond donors (Lipinski definition) is 0. The summed E-state index contributed by atoms with van der Waals surface area (Å²) < 4.78 is 39.7. The lowest BCUT2D eigenvalue weighted by atomic mass is 9.86. The van der Waals surface area contributed by atoms with E-state index >= 15 is 0 Å². The Morgan fingerprint density at radius 3 is 2.09 bits per heavy atom. The maximum atomic E-state index is 13.0. The first-order chi connectivity index (χ1) is 11.0. The van der Waals surface area contributed by atoms with Gasteiger partial charge in [0.1, 0.15) is 5.82 Å². The second kappa shape index (κ2) is 6.87. The van der Waals surface area contributed by atoms with Gasteiger partial charge in [0.05, 0.1) is 4.90 Å².